The Kier molecular flexibility index (Phi) is 5.51. The van der Waals surface area contributed by atoms with Gasteiger partial charge in [0.1, 0.15) is 6.61 Å². The van der Waals surface area contributed by atoms with E-state index in [1.54, 1.807) is 13.0 Å². The monoisotopic (exact) mass is 353 g/mol. The number of hydrogen-bond acceptors (Lipinski definition) is 3. The van der Waals surface area contributed by atoms with Gasteiger partial charge < -0.3 is 9.84 Å². The number of rotatable bonds is 4. The lowest BCUT2D eigenvalue weighted by atomic mass is 10.2. The van der Waals surface area contributed by atoms with Gasteiger partial charge in [0.2, 0.25) is 0 Å². The van der Waals surface area contributed by atoms with Gasteiger partial charge in [0, 0.05) is 0 Å². The Morgan fingerprint density at radius 1 is 1.69 bits per heavy atom. The summed E-state index contributed by atoms with van der Waals surface area (Å²) in [6.07, 6.45) is 3.16. The van der Waals surface area contributed by atoms with E-state index in [2.05, 4.69) is 27.6 Å². The van der Waals surface area contributed by atoms with Gasteiger partial charge in [-0.05, 0) is 42.5 Å². The molecule has 5 heteroatoms. The van der Waals surface area contributed by atoms with Crippen molar-refractivity contribution < 1.29 is 9.84 Å². The van der Waals surface area contributed by atoms with Crippen molar-refractivity contribution in [1.82, 2.24) is 4.98 Å². The zero-order valence-electron chi connectivity index (χ0n) is 9.08. The number of halogens is 2. The second-order valence-corrected chi connectivity index (χ2v) is 4.73. The molecule has 1 rings (SSSR count). The van der Waals surface area contributed by atoms with Gasteiger partial charge in [-0.1, -0.05) is 23.8 Å². The van der Waals surface area contributed by atoms with Gasteiger partial charge in [-0.15, -0.1) is 0 Å². The summed E-state index contributed by atoms with van der Waals surface area (Å²) in [6, 6.07) is 1.77. The van der Waals surface area contributed by atoms with Gasteiger partial charge >= 0.3 is 0 Å². The van der Waals surface area contributed by atoms with E-state index in [1.165, 1.54) is 0 Å². The van der Waals surface area contributed by atoms with Gasteiger partial charge in [-0.25, -0.2) is 4.98 Å². The Morgan fingerprint density at radius 2 is 2.38 bits per heavy atom. The lowest BCUT2D eigenvalue weighted by Crippen LogP contribution is -2.02. The quantitative estimate of drug-likeness (QED) is 0.513. The van der Waals surface area contributed by atoms with E-state index in [4.69, 9.17) is 16.3 Å². The molecule has 0 aromatic carbocycles. The van der Waals surface area contributed by atoms with Crippen LogP contribution in [0, 0.1) is 3.57 Å². The SMILES string of the molecule is CC=CCOc1c(I)cc(C(C)O)nc1Cl. The van der Waals surface area contributed by atoms with Crippen molar-refractivity contribution in [3.63, 3.8) is 0 Å². The molecule has 0 bridgehead atoms. The number of pyridine rings is 1. The Balaban J connectivity index is 2.94. The van der Waals surface area contributed by atoms with Crippen LogP contribution in [0.4, 0.5) is 0 Å². The number of ether oxygens (including phenoxy) is 1. The van der Waals surface area contributed by atoms with Crippen LogP contribution in [0.2, 0.25) is 5.15 Å². The molecule has 0 aliphatic carbocycles. The molecule has 1 N–H and O–H groups in total. The van der Waals surface area contributed by atoms with Crippen molar-refractivity contribution in [2.75, 3.05) is 6.61 Å². The van der Waals surface area contributed by atoms with Gasteiger partial charge in [0.05, 0.1) is 15.4 Å². The second-order valence-electron chi connectivity index (χ2n) is 3.20. The third-order valence-corrected chi connectivity index (χ3v) is 2.95. The maximum atomic E-state index is 9.40. The summed E-state index contributed by atoms with van der Waals surface area (Å²) in [7, 11) is 0. The van der Waals surface area contributed by atoms with Crippen LogP contribution in [0.5, 0.6) is 5.75 Å². The predicted molar refractivity (Wildman–Crippen MR) is 72.9 cm³/mol. The van der Waals surface area contributed by atoms with E-state index in [0.29, 0.717) is 18.1 Å². The fourth-order valence-electron chi connectivity index (χ4n) is 1.06. The summed E-state index contributed by atoms with van der Waals surface area (Å²) in [5, 5.41) is 9.69. The summed E-state index contributed by atoms with van der Waals surface area (Å²) >= 11 is 8.09. The molecule has 0 saturated carbocycles. The highest BCUT2D eigenvalue weighted by atomic mass is 127. The minimum absolute atomic E-state index is 0.285. The lowest BCUT2D eigenvalue weighted by Gasteiger charge is -2.11. The van der Waals surface area contributed by atoms with Gasteiger partial charge in [0.25, 0.3) is 0 Å². The number of hydrogen-bond donors (Lipinski definition) is 1. The van der Waals surface area contributed by atoms with Crippen LogP contribution in [0.1, 0.15) is 25.6 Å². The van der Waals surface area contributed by atoms with E-state index in [9.17, 15) is 5.11 Å². The van der Waals surface area contributed by atoms with Crippen molar-refractivity contribution in [3.05, 3.63) is 32.6 Å². The molecule has 0 aliphatic heterocycles. The average Bonchev–Trinajstić information content (AvgIpc) is 2.21. The molecule has 16 heavy (non-hydrogen) atoms. The number of allylic oxidation sites excluding steroid dienone is 1. The number of nitrogens with zero attached hydrogens (tertiary/aromatic N) is 1. The van der Waals surface area contributed by atoms with E-state index in [0.717, 1.165) is 3.57 Å². The fraction of sp³-hybridized carbons (Fsp3) is 0.364. The van der Waals surface area contributed by atoms with Crippen LogP contribution in [0.15, 0.2) is 18.2 Å². The van der Waals surface area contributed by atoms with Crippen molar-refractivity contribution in [3.8, 4) is 5.75 Å². The van der Waals surface area contributed by atoms with Crippen molar-refractivity contribution in [2.45, 2.75) is 20.0 Å². The maximum Gasteiger partial charge on any atom is 0.172 e. The molecule has 1 atom stereocenters. The molecule has 1 heterocycles. The van der Waals surface area contributed by atoms with E-state index >= 15 is 0 Å². The van der Waals surface area contributed by atoms with E-state index in [1.807, 2.05) is 19.1 Å². The van der Waals surface area contributed by atoms with Crippen LogP contribution < -0.4 is 4.74 Å². The second kappa shape index (κ2) is 6.42. The minimum atomic E-state index is -0.629. The molecule has 0 radical (unpaired) electrons. The first-order chi connectivity index (χ1) is 7.56. The van der Waals surface area contributed by atoms with Gasteiger partial charge in [-0.3, -0.25) is 0 Å². The van der Waals surface area contributed by atoms with Crippen LogP contribution >= 0.6 is 34.2 Å². The highest BCUT2D eigenvalue weighted by molar-refractivity contribution is 14.1. The molecule has 3 nitrogen and oxygen atoms in total. The Labute approximate surface area is 114 Å². The van der Waals surface area contributed by atoms with Crippen molar-refractivity contribution >= 4 is 34.2 Å². The highest BCUT2D eigenvalue weighted by Gasteiger charge is 2.12. The van der Waals surface area contributed by atoms with Crippen LogP contribution in [0.3, 0.4) is 0 Å². The zero-order valence-corrected chi connectivity index (χ0v) is 12.0. The molecular weight excluding hydrogens is 340 g/mol. The number of aliphatic hydroxyl groups excluding tert-OH is 1. The average molecular weight is 354 g/mol. The molecule has 1 aromatic heterocycles. The largest absolute Gasteiger partial charge is 0.485 e. The summed E-state index contributed by atoms with van der Waals surface area (Å²) in [5.41, 5.74) is 0.549. The first-order valence-electron chi connectivity index (χ1n) is 4.84. The smallest absolute Gasteiger partial charge is 0.172 e. The van der Waals surface area contributed by atoms with Crippen LogP contribution in [-0.2, 0) is 0 Å². The Morgan fingerprint density at radius 3 is 2.88 bits per heavy atom. The van der Waals surface area contributed by atoms with E-state index in [-0.39, 0.29) is 5.15 Å². The molecule has 0 spiro atoms. The maximum absolute atomic E-state index is 9.40. The molecule has 0 saturated heterocycles. The Hall–Kier alpha value is -0.330. The third kappa shape index (κ3) is 3.61. The fourth-order valence-corrected chi connectivity index (χ4v) is 2.20. The molecule has 88 valence electrons. The Bertz CT molecular complexity index is 371. The summed E-state index contributed by atoms with van der Waals surface area (Å²) in [6.45, 7) is 4.03. The number of aromatic nitrogens is 1. The molecule has 0 fully saturated rings. The van der Waals surface area contributed by atoms with Gasteiger partial charge in [-0.2, -0.15) is 0 Å². The molecule has 1 aromatic rings. The molecule has 1 unspecified atom stereocenters. The van der Waals surface area contributed by atoms with Gasteiger partial charge in [0.15, 0.2) is 10.9 Å². The summed E-state index contributed by atoms with van der Waals surface area (Å²) < 4.78 is 6.32. The molecule has 0 amide bonds. The molecular formula is C11H13ClINO2. The summed E-state index contributed by atoms with van der Waals surface area (Å²) in [4.78, 5) is 4.07. The normalized spacial score (nSPS) is 13.1. The topological polar surface area (TPSA) is 42.4 Å². The lowest BCUT2D eigenvalue weighted by molar-refractivity contribution is 0.194. The van der Waals surface area contributed by atoms with Crippen molar-refractivity contribution in [2.24, 2.45) is 0 Å². The predicted octanol–water partition coefficient (Wildman–Crippen LogP) is 3.35. The van der Waals surface area contributed by atoms with E-state index < -0.39 is 6.10 Å². The first kappa shape index (κ1) is 13.7. The van der Waals surface area contributed by atoms with Crippen molar-refractivity contribution in [1.29, 1.82) is 0 Å². The standard InChI is InChI=1S/C11H13ClINO2/c1-3-4-5-16-10-8(13)6-9(7(2)15)14-11(10)12/h3-4,6-7,15H,5H2,1-2H3. The third-order valence-electron chi connectivity index (χ3n) is 1.89. The molecule has 0 aliphatic rings. The minimum Gasteiger partial charge on any atom is -0.485 e. The number of aliphatic hydroxyl groups is 1. The van der Waals surface area contributed by atoms with Crippen LogP contribution in [0.25, 0.3) is 0 Å². The zero-order chi connectivity index (χ0) is 12.1. The van der Waals surface area contributed by atoms with Crippen LogP contribution in [-0.4, -0.2) is 16.7 Å². The first-order valence-corrected chi connectivity index (χ1v) is 6.30. The highest BCUT2D eigenvalue weighted by Crippen LogP contribution is 2.30. The summed E-state index contributed by atoms with van der Waals surface area (Å²) in [5.74, 6) is 0.560.